The predicted octanol–water partition coefficient (Wildman–Crippen LogP) is 0.842. The van der Waals surface area contributed by atoms with E-state index in [2.05, 4.69) is 12.0 Å². The van der Waals surface area contributed by atoms with Crippen LogP contribution in [-0.2, 0) is 20.1 Å². The third kappa shape index (κ3) is 2.08. The molecule has 2 aromatic rings. The van der Waals surface area contributed by atoms with Crippen LogP contribution in [-0.4, -0.2) is 18.9 Å². The van der Waals surface area contributed by atoms with Gasteiger partial charge in [0.25, 0.3) is 0 Å². The van der Waals surface area contributed by atoms with Crippen molar-refractivity contribution >= 4 is 0 Å². The minimum absolute atomic E-state index is 0.0469. The highest BCUT2D eigenvalue weighted by Crippen LogP contribution is 1.99. The molecule has 0 aliphatic carbocycles. The van der Waals surface area contributed by atoms with Crippen LogP contribution < -0.4 is 5.69 Å². The summed E-state index contributed by atoms with van der Waals surface area (Å²) in [6.45, 7) is 3.42. The van der Waals surface area contributed by atoms with Gasteiger partial charge in [-0.05, 0) is 6.42 Å². The van der Waals surface area contributed by atoms with Gasteiger partial charge in [-0.25, -0.2) is 4.79 Å². The van der Waals surface area contributed by atoms with Gasteiger partial charge in [0, 0.05) is 37.7 Å². The van der Waals surface area contributed by atoms with Crippen molar-refractivity contribution in [3.05, 3.63) is 40.8 Å². The molecule has 0 aliphatic rings. The zero-order valence-corrected chi connectivity index (χ0v) is 9.63. The molecule has 2 heterocycles. The van der Waals surface area contributed by atoms with Crippen molar-refractivity contribution < 1.29 is 0 Å². The lowest BCUT2D eigenvalue weighted by molar-refractivity contribution is 0.624. The maximum atomic E-state index is 11.9. The zero-order chi connectivity index (χ0) is 11.5. The van der Waals surface area contributed by atoms with E-state index in [1.54, 1.807) is 20.0 Å². The topological polar surface area (TPSA) is 44.8 Å². The summed E-state index contributed by atoms with van der Waals surface area (Å²) in [5, 5.41) is 4.08. The Balaban J connectivity index is 2.19. The Morgan fingerprint density at radius 3 is 2.69 bits per heavy atom. The fourth-order valence-electron chi connectivity index (χ4n) is 1.74. The van der Waals surface area contributed by atoms with E-state index in [9.17, 15) is 4.79 Å². The van der Waals surface area contributed by atoms with Gasteiger partial charge < -0.3 is 0 Å². The third-order valence-electron chi connectivity index (χ3n) is 2.49. The second kappa shape index (κ2) is 4.38. The summed E-state index contributed by atoms with van der Waals surface area (Å²) in [4.78, 5) is 11.9. The Labute approximate surface area is 93.9 Å². The van der Waals surface area contributed by atoms with Gasteiger partial charge in [0.1, 0.15) is 0 Å². The Morgan fingerprint density at radius 1 is 1.31 bits per heavy atom. The van der Waals surface area contributed by atoms with Crippen LogP contribution in [0, 0.1) is 0 Å². The molecular weight excluding hydrogens is 204 g/mol. The first-order chi connectivity index (χ1) is 7.70. The highest BCUT2D eigenvalue weighted by molar-refractivity contribution is 5.04. The van der Waals surface area contributed by atoms with Crippen LogP contribution in [0.3, 0.4) is 0 Å². The van der Waals surface area contributed by atoms with Crippen LogP contribution in [0.2, 0.25) is 0 Å². The molecule has 5 nitrogen and oxygen atoms in total. The van der Waals surface area contributed by atoms with Crippen LogP contribution in [0.5, 0.6) is 0 Å². The van der Waals surface area contributed by atoms with Crippen LogP contribution in [0.4, 0.5) is 0 Å². The third-order valence-corrected chi connectivity index (χ3v) is 2.49. The molecule has 0 bridgehead atoms. The minimum atomic E-state index is 0.0469. The number of aryl methyl sites for hydroxylation is 2. The molecule has 0 atom stereocenters. The highest BCUT2D eigenvalue weighted by Gasteiger charge is 2.04. The smallest absolute Gasteiger partial charge is 0.299 e. The average molecular weight is 220 g/mol. The van der Waals surface area contributed by atoms with E-state index in [-0.39, 0.29) is 5.69 Å². The lowest BCUT2D eigenvalue weighted by Gasteiger charge is -1.98. The summed E-state index contributed by atoms with van der Waals surface area (Å²) >= 11 is 0. The SMILES string of the molecule is CCCn1ccn(Cc2cnn(C)c2)c1=O. The fourth-order valence-corrected chi connectivity index (χ4v) is 1.74. The van der Waals surface area contributed by atoms with Crippen molar-refractivity contribution in [2.45, 2.75) is 26.4 Å². The quantitative estimate of drug-likeness (QED) is 0.766. The first kappa shape index (κ1) is 10.7. The van der Waals surface area contributed by atoms with E-state index < -0.39 is 0 Å². The lowest BCUT2D eigenvalue weighted by Crippen LogP contribution is -2.24. The summed E-state index contributed by atoms with van der Waals surface area (Å²) in [7, 11) is 1.87. The monoisotopic (exact) mass is 220 g/mol. The number of aromatic nitrogens is 4. The van der Waals surface area contributed by atoms with Crippen LogP contribution in [0.15, 0.2) is 29.6 Å². The zero-order valence-electron chi connectivity index (χ0n) is 9.63. The van der Waals surface area contributed by atoms with Gasteiger partial charge in [0.15, 0.2) is 0 Å². The number of nitrogens with zero attached hydrogens (tertiary/aromatic N) is 4. The van der Waals surface area contributed by atoms with E-state index in [1.807, 2.05) is 25.6 Å². The molecule has 0 radical (unpaired) electrons. The molecule has 0 N–H and O–H groups in total. The van der Waals surface area contributed by atoms with Crippen LogP contribution >= 0.6 is 0 Å². The summed E-state index contributed by atoms with van der Waals surface area (Å²) in [5.74, 6) is 0. The summed E-state index contributed by atoms with van der Waals surface area (Å²) in [5.41, 5.74) is 1.09. The standard InChI is InChI=1S/C11H16N4O/c1-3-4-14-5-6-15(11(14)16)9-10-7-12-13(2)8-10/h5-8H,3-4,9H2,1-2H3. The van der Waals surface area contributed by atoms with Crippen molar-refractivity contribution in [2.24, 2.45) is 7.05 Å². The summed E-state index contributed by atoms with van der Waals surface area (Å²) in [6.07, 6.45) is 8.33. The van der Waals surface area contributed by atoms with Crippen molar-refractivity contribution in [1.82, 2.24) is 18.9 Å². The Morgan fingerprint density at radius 2 is 2.06 bits per heavy atom. The second-order valence-corrected chi connectivity index (χ2v) is 3.92. The van der Waals surface area contributed by atoms with Gasteiger partial charge in [-0.1, -0.05) is 6.92 Å². The average Bonchev–Trinajstić information content (AvgIpc) is 2.80. The van der Waals surface area contributed by atoms with E-state index >= 15 is 0 Å². The molecule has 0 aliphatic heterocycles. The Hall–Kier alpha value is -1.78. The molecule has 0 amide bonds. The molecular formula is C11H16N4O. The highest BCUT2D eigenvalue weighted by atomic mass is 16.1. The molecule has 0 spiro atoms. The van der Waals surface area contributed by atoms with Gasteiger partial charge in [-0.15, -0.1) is 0 Å². The van der Waals surface area contributed by atoms with Crippen molar-refractivity contribution in [3.8, 4) is 0 Å². The molecule has 16 heavy (non-hydrogen) atoms. The van der Waals surface area contributed by atoms with Crippen LogP contribution in [0.25, 0.3) is 0 Å². The van der Waals surface area contributed by atoms with Gasteiger partial charge >= 0.3 is 5.69 Å². The lowest BCUT2D eigenvalue weighted by atomic mass is 10.3. The first-order valence-corrected chi connectivity index (χ1v) is 5.44. The Kier molecular flexibility index (Phi) is 2.94. The molecule has 5 heteroatoms. The molecule has 0 unspecified atom stereocenters. The van der Waals surface area contributed by atoms with E-state index in [1.165, 1.54) is 0 Å². The van der Waals surface area contributed by atoms with E-state index in [0.717, 1.165) is 18.5 Å². The molecule has 86 valence electrons. The van der Waals surface area contributed by atoms with Crippen molar-refractivity contribution in [2.75, 3.05) is 0 Å². The molecule has 0 saturated heterocycles. The molecule has 0 saturated carbocycles. The molecule has 0 aromatic carbocycles. The van der Waals surface area contributed by atoms with Gasteiger partial charge in [0.2, 0.25) is 0 Å². The molecule has 2 rings (SSSR count). The predicted molar refractivity (Wildman–Crippen MR) is 61.3 cm³/mol. The summed E-state index contributed by atoms with van der Waals surface area (Å²) < 4.78 is 5.17. The second-order valence-electron chi connectivity index (χ2n) is 3.92. The number of hydrogen-bond acceptors (Lipinski definition) is 2. The number of imidazole rings is 1. The summed E-state index contributed by atoms with van der Waals surface area (Å²) in [6, 6.07) is 0. The van der Waals surface area contributed by atoms with Crippen molar-refractivity contribution in [3.63, 3.8) is 0 Å². The first-order valence-electron chi connectivity index (χ1n) is 5.44. The maximum absolute atomic E-state index is 11.9. The van der Waals surface area contributed by atoms with Crippen molar-refractivity contribution in [1.29, 1.82) is 0 Å². The number of rotatable bonds is 4. The van der Waals surface area contributed by atoms with Gasteiger partial charge in [-0.2, -0.15) is 5.10 Å². The largest absolute Gasteiger partial charge is 0.328 e. The molecule has 2 aromatic heterocycles. The minimum Gasteiger partial charge on any atom is -0.299 e. The van der Waals surface area contributed by atoms with Gasteiger partial charge in [0.05, 0.1) is 12.7 Å². The maximum Gasteiger partial charge on any atom is 0.328 e. The normalized spacial score (nSPS) is 10.9. The number of hydrogen-bond donors (Lipinski definition) is 0. The van der Waals surface area contributed by atoms with Crippen LogP contribution in [0.1, 0.15) is 18.9 Å². The fraction of sp³-hybridized carbons (Fsp3) is 0.455. The molecule has 0 fully saturated rings. The van der Waals surface area contributed by atoms with E-state index in [4.69, 9.17) is 0 Å². The van der Waals surface area contributed by atoms with Gasteiger partial charge in [-0.3, -0.25) is 13.8 Å². The van der Waals surface area contributed by atoms with E-state index in [0.29, 0.717) is 6.54 Å². The Bertz CT molecular complexity index is 520.